The van der Waals surface area contributed by atoms with E-state index in [-0.39, 0.29) is 16.6 Å². The molecule has 1 rings (SSSR count). The fraction of sp³-hybridized carbons (Fsp3) is 0.533. The van der Waals surface area contributed by atoms with E-state index in [9.17, 15) is 13.2 Å². The Balaban J connectivity index is 2.31. The van der Waals surface area contributed by atoms with E-state index in [1.165, 1.54) is 43.5 Å². The van der Waals surface area contributed by atoms with Crippen LogP contribution >= 0.6 is 0 Å². The lowest BCUT2D eigenvalue weighted by atomic mass is 10.1. The second-order valence-electron chi connectivity index (χ2n) is 4.94. The lowest BCUT2D eigenvalue weighted by Crippen LogP contribution is -2.07. The first kappa shape index (κ1) is 17.7. The number of carbonyl (C=O) groups excluding carboxylic acids is 1. The molecule has 0 bridgehead atoms. The lowest BCUT2D eigenvalue weighted by molar-refractivity contribution is -0.134. The van der Waals surface area contributed by atoms with Crippen molar-refractivity contribution in [2.75, 3.05) is 0 Å². The summed E-state index contributed by atoms with van der Waals surface area (Å²) in [4.78, 5) is 11.4. The quantitative estimate of drug-likeness (QED) is 0.326. The SMILES string of the molecule is CCCCCCCCC(=O)Oc1ccc(S(=O)(=O)O)cc1. The van der Waals surface area contributed by atoms with Crippen molar-refractivity contribution in [2.45, 2.75) is 56.8 Å². The highest BCUT2D eigenvalue weighted by Gasteiger charge is 2.10. The van der Waals surface area contributed by atoms with Gasteiger partial charge in [-0.05, 0) is 30.7 Å². The van der Waals surface area contributed by atoms with Crippen LogP contribution < -0.4 is 4.74 Å². The van der Waals surface area contributed by atoms with Crippen molar-refractivity contribution in [1.82, 2.24) is 0 Å². The highest BCUT2D eigenvalue weighted by molar-refractivity contribution is 7.85. The molecule has 0 atom stereocenters. The summed E-state index contributed by atoms with van der Waals surface area (Å²) in [7, 11) is -4.21. The van der Waals surface area contributed by atoms with E-state index in [0.717, 1.165) is 19.3 Å². The van der Waals surface area contributed by atoms with Crippen LogP contribution in [0.25, 0.3) is 0 Å². The van der Waals surface area contributed by atoms with Crippen molar-refractivity contribution in [2.24, 2.45) is 0 Å². The van der Waals surface area contributed by atoms with Crippen LogP contribution in [-0.2, 0) is 14.9 Å². The number of esters is 1. The van der Waals surface area contributed by atoms with Crippen molar-refractivity contribution >= 4 is 16.1 Å². The molecule has 0 amide bonds. The number of rotatable bonds is 9. The fourth-order valence-electron chi connectivity index (χ4n) is 1.91. The maximum atomic E-state index is 11.6. The largest absolute Gasteiger partial charge is 0.427 e. The molecule has 0 aromatic heterocycles. The molecule has 0 radical (unpaired) electrons. The molecule has 0 aliphatic heterocycles. The van der Waals surface area contributed by atoms with E-state index in [1.807, 2.05) is 0 Å². The molecule has 0 aliphatic carbocycles. The molecular formula is C15H22O5S. The van der Waals surface area contributed by atoms with Gasteiger partial charge in [0.25, 0.3) is 10.1 Å². The molecule has 118 valence electrons. The Morgan fingerprint density at radius 1 is 1.05 bits per heavy atom. The number of unbranched alkanes of at least 4 members (excludes halogenated alkanes) is 5. The molecule has 0 saturated heterocycles. The van der Waals surface area contributed by atoms with Crippen LogP contribution in [0, 0.1) is 0 Å². The van der Waals surface area contributed by atoms with Crippen molar-refractivity contribution in [3.8, 4) is 5.75 Å². The third kappa shape index (κ3) is 7.24. The highest BCUT2D eigenvalue weighted by Crippen LogP contribution is 2.16. The Morgan fingerprint density at radius 3 is 2.19 bits per heavy atom. The van der Waals surface area contributed by atoms with E-state index >= 15 is 0 Å². The molecule has 6 heteroatoms. The first-order valence-electron chi connectivity index (χ1n) is 7.21. The fourth-order valence-corrected chi connectivity index (χ4v) is 2.39. The molecule has 1 aromatic rings. The zero-order chi connectivity index (χ0) is 15.7. The Hall–Kier alpha value is -1.40. The molecule has 0 aliphatic rings. The van der Waals surface area contributed by atoms with Crippen molar-refractivity contribution in [1.29, 1.82) is 0 Å². The summed E-state index contributed by atoms with van der Waals surface area (Å²) < 4.78 is 35.7. The van der Waals surface area contributed by atoms with Gasteiger partial charge in [-0.3, -0.25) is 9.35 Å². The van der Waals surface area contributed by atoms with Gasteiger partial charge in [0.15, 0.2) is 0 Å². The minimum Gasteiger partial charge on any atom is -0.427 e. The molecule has 0 fully saturated rings. The normalized spacial score (nSPS) is 11.3. The number of benzene rings is 1. The van der Waals surface area contributed by atoms with Crippen molar-refractivity contribution in [3.05, 3.63) is 24.3 Å². The monoisotopic (exact) mass is 314 g/mol. The van der Waals surface area contributed by atoms with Gasteiger partial charge in [-0.15, -0.1) is 0 Å². The maximum absolute atomic E-state index is 11.6. The van der Waals surface area contributed by atoms with E-state index in [4.69, 9.17) is 9.29 Å². The summed E-state index contributed by atoms with van der Waals surface area (Å²) in [6.07, 6.45) is 6.91. The van der Waals surface area contributed by atoms with Gasteiger partial charge in [-0.2, -0.15) is 8.42 Å². The van der Waals surface area contributed by atoms with Crippen LogP contribution in [0.15, 0.2) is 29.2 Å². The predicted octanol–water partition coefficient (Wildman–Crippen LogP) is 3.59. The number of hydrogen-bond acceptors (Lipinski definition) is 4. The number of hydrogen-bond donors (Lipinski definition) is 1. The van der Waals surface area contributed by atoms with Crippen LogP contribution in [0.1, 0.15) is 51.9 Å². The van der Waals surface area contributed by atoms with Crippen LogP contribution in [0.5, 0.6) is 5.75 Å². The third-order valence-electron chi connectivity index (χ3n) is 3.09. The first-order chi connectivity index (χ1) is 9.93. The number of carbonyl (C=O) groups is 1. The Bertz CT molecular complexity index is 534. The highest BCUT2D eigenvalue weighted by atomic mass is 32.2. The molecule has 0 unspecified atom stereocenters. The van der Waals surface area contributed by atoms with Crippen LogP contribution in [-0.4, -0.2) is 18.9 Å². The van der Waals surface area contributed by atoms with Crippen molar-refractivity contribution < 1.29 is 22.5 Å². The predicted molar refractivity (Wildman–Crippen MR) is 79.9 cm³/mol. The summed E-state index contributed by atoms with van der Waals surface area (Å²) in [5, 5.41) is 0. The summed E-state index contributed by atoms with van der Waals surface area (Å²) in [5.41, 5.74) is 0. The van der Waals surface area contributed by atoms with E-state index in [2.05, 4.69) is 6.92 Å². The van der Waals surface area contributed by atoms with E-state index in [0.29, 0.717) is 6.42 Å². The van der Waals surface area contributed by atoms with Gasteiger partial charge in [0.2, 0.25) is 0 Å². The van der Waals surface area contributed by atoms with Crippen LogP contribution in [0.2, 0.25) is 0 Å². The van der Waals surface area contributed by atoms with Gasteiger partial charge < -0.3 is 4.74 Å². The summed E-state index contributed by atoms with van der Waals surface area (Å²) in [5.74, 6) is -0.0523. The summed E-state index contributed by atoms with van der Waals surface area (Å²) in [6.45, 7) is 2.16. The minimum atomic E-state index is -4.21. The molecular weight excluding hydrogens is 292 g/mol. The molecule has 0 saturated carbocycles. The second-order valence-corrected chi connectivity index (χ2v) is 6.36. The van der Waals surface area contributed by atoms with Crippen molar-refractivity contribution in [3.63, 3.8) is 0 Å². The van der Waals surface area contributed by atoms with Crippen LogP contribution in [0.3, 0.4) is 0 Å². The minimum absolute atomic E-state index is 0.224. The second kappa shape index (κ2) is 8.79. The summed E-state index contributed by atoms with van der Waals surface area (Å²) in [6, 6.07) is 5.09. The van der Waals surface area contributed by atoms with Gasteiger partial charge in [0.1, 0.15) is 5.75 Å². The zero-order valence-electron chi connectivity index (χ0n) is 12.2. The molecule has 0 heterocycles. The average molecular weight is 314 g/mol. The first-order valence-corrected chi connectivity index (χ1v) is 8.65. The number of ether oxygens (including phenoxy) is 1. The van der Waals surface area contributed by atoms with Crippen LogP contribution in [0.4, 0.5) is 0 Å². The third-order valence-corrected chi connectivity index (χ3v) is 3.96. The Morgan fingerprint density at radius 2 is 1.62 bits per heavy atom. The topological polar surface area (TPSA) is 80.7 Å². The van der Waals surface area contributed by atoms with Gasteiger partial charge in [-0.25, -0.2) is 0 Å². The average Bonchev–Trinajstić information content (AvgIpc) is 2.42. The lowest BCUT2D eigenvalue weighted by Gasteiger charge is -2.05. The maximum Gasteiger partial charge on any atom is 0.311 e. The zero-order valence-corrected chi connectivity index (χ0v) is 13.1. The van der Waals surface area contributed by atoms with Gasteiger partial charge in [-0.1, -0.05) is 39.0 Å². The molecule has 5 nitrogen and oxygen atoms in total. The molecule has 1 aromatic carbocycles. The van der Waals surface area contributed by atoms with E-state index < -0.39 is 10.1 Å². The molecule has 21 heavy (non-hydrogen) atoms. The van der Waals surface area contributed by atoms with Gasteiger partial charge in [0.05, 0.1) is 4.90 Å². The van der Waals surface area contributed by atoms with E-state index in [1.54, 1.807) is 0 Å². The van der Waals surface area contributed by atoms with Gasteiger partial charge in [0, 0.05) is 6.42 Å². The van der Waals surface area contributed by atoms with Gasteiger partial charge >= 0.3 is 5.97 Å². The smallest absolute Gasteiger partial charge is 0.311 e. The Kier molecular flexibility index (Phi) is 7.39. The summed E-state index contributed by atoms with van der Waals surface area (Å²) >= 11 is 0. The molecule has 1 N–H and O–H groups in total. The molecule has 0 spiro atoms. The Labute approximate surface area is 126 Å². The standard InChI is InChI=1S/C15H22O5S/c1-2-3-4-5-6-7-8-15(16)20-13-9-11-14(12-10-13)21(17,18)19/h9-12H,2-8H2,1H3,(H,17,18,19).